The first-order chi connectivity index (χ1) is 6.06. The highest BCUT2D eigenvalue weighted by Crippen LogP contribution is 2.15. The molecule has 1 fully saturated rings. The van der Waals surface area contributed by atoms with Crippen molar-refractivity contribution in [2.45, 2.75) is 44.7 Å². The lowest BCUT2D eigenvalue weighted by Crippen LogP contribution is -2.35. The highest BCUT2D eigenvalue weighted by molar-refractivity contribution is 5.62. The van der Waals surface area contributed by atoms with E-state index in [4.69, 9.17) is 15.6 Å². The summed E-state index contributed by atoms with van der Waals surface area (Å²) in [6.45, 7) is 1.08. The van der Waals surface area contributed by atoms with Crippen LogP contribution in [0.4, 0.5) is 0 Å². The van der Waals surface area contributed by atoms with E-state index >= 15 is 0 Å². The molecule has 0 aromatic heterocycles. The number of hydrogen-bond donors (Lipinski definition) is 3. The predicted molar refractivity (Wildman–Crippen MR) is 52.6 cm³/mol. The van der Waals surface area contributed by atoms with Gasteiger partial charge in [-0.1, -0.05) is 0 Å². The first-order valence-electron chi connectivity index (χ1n) is 4.68. The molecule has 0 saturated heterocycles. The molecule has 0 aromatic carbocycles. The molecular weight excluding hydrogens is 168 g/mol. The Labute approximate surface area is 79.5 Å². The zero-order valence-corrected chi connectivity index (χ0v) is 8.42. The van der Waals surface area contributed by atoms with Crippen LogP contribution in [0.25, 0.3) is 0 Å². The Bertz CT molecular complexity index is 139. The summed E-state index contributed by atoms with van der Waals surface area (Å²) in [5.74, 6) is -0.833. The molecular formula is C9H20N2O2. The molecule has 0 radical (unpaired) electrons. The van der Waals surface area contributed by atoms with Gasteiger partial charge in [-0.2, -0.15) is 0 Å². The van der Waals surface area contributed by atoms with Gasteiger partial charge in [-0.05, 0) is 32.7 Å². The van der Waals surface area contributed by atoms with Crippen molar-refractivity contribution < 1.29 is 9.90 Å². The number of carbonyl (C=O) groups is 1. The van der Waals surface area contributed by atoms with E-state index in [1.807, 2.05) is 7.05 Å². The van der Waals surface area contributed by atoms with Gasteiger partial charge in [0.2, 0.25) is 0 Å². The predicted octanol–water partition coefficient (Wildman–Crippen LogP) is 0.567. The fraction of sp³-hybridized carbons (Fsp3) is 0.889. The van der Waals surface area contributed by atoms with Gasteiger partial charge in [-0.25, -0.2) is 0 Å². The van der Waals surface area contributed by atoms with Crippen LogP contribution in [0.2, 0.25) is 0 Å². The summed E-state index contributed by atoms with van der Waals surface area (Å²) >= 11 is 0. The third kappa shape index (κ3) is 7.74. The lowest BCUT2D eigenvalue weighted by atomic mass is 9.92. The largest absolute Gasteiger partial charge is 0.481 e. The summed E-state index contributed by atoms with van der Waals surface area (Å²) < 4.78 is 0. The minimum absolute atomic E-state index is 0.481. The smallest absolute Gasteiger partial charge is 0.300 e. The van der Waals surface area contributed by atoms with Crippen LogP contribution >= 0.6 is 0 Å². The summed E-state index contributed by atoms with van der Waals surface area (Å²) in [7, 11) is 2.03. The van der Waals surface area contributed by atoms with Crippen LogP contribution in [0, 0.1) is 0 Å². The Hall–Kier alpha value is -0.610. The van der Waals surface area contributed by atoms with E-state index in [0.29, 0.717) is 6.04 Å². The molecule has 78 valence electrons. The SMILES string of the molecule is CC(=O)O.CN[C@H]1CC[C@H](N)CC1. The Morgan fingerprint density at radius 3 is 2.08 bits per heavy atom. The number of hydrogen-bond acceptors (Lipinski definition) is 3. The zero-order valence-electron chi connectivity index (χ0n) is 8.42. The zero-order chi connectivity index (χ0) is 10.3. The summed E-state index contributed by atoms with van der Waals surface area (Å²) in [5.41, 5.74) is 5.72. The molecule has 0 atom stereocenters. The molecule has 1 aliphatic carbocycles. The van der Waals surface area contributed by atoms with Crippen molar-refractivity contribution in [1.29, 1.82) is 0 Å². The van der Waals surface area contributed by atoms with Crippen LogP contribution in [-0.4, -0.2) is 30.2 Å². The molecule has 1 aliphatic rings. The second-order valence-corrected chi connectivity index (χ2v) is 3.42. The lowest BCUT2D eigenvalue weighted by Gasteiger charge is -2.25. The van der Waals surface area contributed by atoms with E-state index in [1.54, 1.807) is 0 Å². The highest BCUT2D eigenvalue weighted by Gasteiger charge is 2.15. The van der Waals surface area contributed by atoms with Crippen LogP contribution in [0.3, 0.4) is 0 Å². The number of nitrogens with one attached hydrogen (secondary N) is 1. The van der Waals surface area contributed by atoms with E-state index in [-0.39, 0.29) is 0 Å². The van der Waals surface area contributed by atoms with Gasteiger partial charge in [0.15, 0.2) is 0 Å². The quantitative estimate of drug-likeness (QED) is 0.562. The molecule has 0 heterocycles. The Kier molecular flexibility index (Phi) is 6.54. The topological polar surface area (TPSA) is 75.3 Å². The van der Waals surface area contributed by atoms with Crippen molar-refractivity contribution >= 4 is 5.97 Å². The number of aliphatic carboxylic acids is 1. The van der Waals surface area contributed by atoms with Gasteiger partial charge in [-0.15, -0.1) is 0 Å². The number of carboxylic acids is 1. The van der Waals surface area contributed by atoms with Crippen LogP contribution in [0.1, 0.15) is 32.6 Å². The number of nitrogens with two attached hydrogens (primary N) is 1. The third-order valence-electron chi connectivity index (χ3n) is 2.18. The highest BCUT2D eigenvalue weighted by atomic mass is 16.4. The maximum atomic E-state index is 9.00. The van der Waals surface area contributed by atoms with Gasteiger partial charge in [0.05, 0.1) is 0 Å². The average molecular weight is 188 g/mol. The second kappa shape index (κ2) is 6.86. The molecule has 13 heavy (non-hydrogen) atoms. The molecule has 0 bridgehead atoms. The maximum Gasteiger partial charge on any atom is 0.300 e. The fourth-order valence-corrected chi connectivity index (χ4v) is 1.41. The Morgan fingerprint density at radius 1 is 1.38 bits per heavy atom. The van der Waals surface area contributed by atoms with E-state index in [1.165, 1.54) is 25.7 Å². The molecule has 4 nitrogen and oxygen atoms in total. The van der Waals surface area contributed by atoms with E-state index in [9.17, 15) is 0 Å². The average Bonchev–Trinajstić information content (AvgIpc) is 2.05. The van der Waals surface area contributed by atoms with Gasteiger partial charge >= 0.3 is 0 Å². The normalized spacial score (nSPS) is 27.3. The molecule has 4 N–H and O–H groups in total. The molecule has 0 spiro atoms. The van der Waals surface area contributed by atoms with Crippen molar-refractivity contribution in [2.24, 2.45) is 5.73 Å². The second-order valence-electron chi connectivity index (χ2n) is 3.42. The molecule has 1 saturated carbocycles. The maximum absolute atomic E-state index is 9.00. The van der Waals surface area contributed by atoms with Crippen molar-refractivity contribution in [3.8, 4) is 0 Å². The molecule has 0 aromatic rings. The van der Waals surface area contributed by atoms with Crippen molar-refractivity contribution in [3.63, 3.8) is 0 Å². The Morgan fingerprint density at radius 2 is 1.77 bits per heavy atom. The fourth-order valence-electron chi connectivity index (χ4n) is 1.41. The standard InChI is InChI=1S/C7H16N2.C2H4O2/c1-9-7-4-2-6(8)3-5-7;1-2(3)4/h6-7,9H,2-5,8H2,1H3;1H3,(H,3,4)/t6-,7-;. The summed E-state index contributed by atoms with van der Waals surface area (Å²) in [6.07, 6.45) is 4.92. The van der Waals surface area contributed by atoms with Crippen molar-refractivity contribution in [3.05, 3.63) is 0 Å². The van der Waals surface area contributed by atoms with Gasteiger partial charge in [0, 0.05) is 19.0 Å². The molecule has 4 heteroatoms. The van der Waals surface area contributed by atoms with E-state index in [0.717, 1.165) is 13.0 Å². The Balaban J connectivity index is 0.000000310. The molecule has 1 rings (SSSR count). The minimum Gasteiger partial charge on any atom is -0.481 e. The lowest BCUT2D eigenvalue weighted by molar-refractivity contribution is -0.134. The van der Waals surface area contributed by atoms with Crippen LogP contribution < -0.4 is 11.1 Å². The molecule has 0 aliphatic heterocycles. The monoisotopic (exact) mass is 188 g/mol. The number of rotatable bonds is 1. The molecule has 0 unspecified atom stereocenters. The molecule has 0 amide bonds. The van der Waals surface area contributed by atoms with Crippen LogP contribution in [-0.2, 0) is 4.79 Å². The van der Waals surface area contributed by atoms with E-state index in [2.05, 4.69) is 5.32 Å². The van der Waals surface area contributed by atoms with Gasteiger partial charge in [0.1, 0.15) is 0 Å². The summed E-state index contributed by atoms with van der Waals surface area (Å²) in [5, 5.41) is 10.7. The minimum atomic E-state index is -0.833. The van der Waals surface area contributed by atoms with Gasteiger partial charge in [-0.3, -0.25) is 4.79 Å². The van der Waals surface area contributed by atoms with Crippen molar-refractivity contribution in [2.75, 3.05) is 7.05 Å². The van der Waals surface area contributed by atoms with Gasteiger partial charge < -0.3 is 16.2 Å². The van der Waals surface area contributed by atoms with E-state index < -0.39 is 5.97 Å². The van der Waals surface area contributed by atoms with Crippen LogP contribution in [0.15, 0.2) is 0 Å². The van der Waals surface area contributed by atoms with Gasteiger partial charge in [0.25, 0.3) is 5.97 Å². The first-order valence-corrected chi connectivity index (χ1v) is 4.68. The van der Waals surface area contributed by atoms with Crippen molar-refractivity contribution in [1.82, 2.24) is 5.32 Å². The summed E-state index contributed by atoms with van der Waals surface area (Å²) in [6, 6.07) is 1.22. The first kappa shape index (κ1) is 12.4. The number of carboxylic acid groups (broad SMARTS) is 1. The van der Waals surface area contributed by atoms with Crippen LogP contribution in [0.5, 0.6) is 0 Å². The summed E-state index contributed by atoms with van der Waals surface area (Å²) in [4.78, 5) is 9.00. The third-order valence-corrected chi connectivity index (χ3v) is 2.18.